The molecule has 6 nitrogen and oxygen atoms in total. The van der Waals surface area contributed by atoms with Crippen LogP contribution in [0.15, 0.2) is 46.9 Å². The topological polar surface area (TPSA) is 76.7 Å². The highest BCUT2D eigenvalue weighted by Crippen LogP contribution is 2.26. The molecule has 0 saturated carbocycles. The van der Waals surface area contributed by atoms with Gasteiger partial charge in [-0.05, 0) is 65.2 Å². The summed E-state index contributed by atoms with van der Waals surface area (Å²) in [6.45, 7) is 1.25. The highest BCUT2D eigenvalue weighted by Gasteiger charge is 2.17. The number of nitrogens with one attached hydrogen (secondary N) is 2. The van der Waals surface area contributed by atoms with Crippen LogP contribution in [0.1, 0.15) is 33.6 Å². The molecule has 142 valence electrons. The minimum Gasteiger partial charge on any atom is -0.496 e. The molecule has 2 amide bonds. The van der Waals surface area contributed by atoms with Crippen LogP contribution in [0.4, 0.5) is 5.69 Å². The van der Waals surface area contributed by atoms with E-state index in [2.05, 4.69) is 26.6 Å². The minimum atomic E-state index is -0.268. The highest BCUT2D eigenvalue weighted by atomic mass is 79.9. The number of hydrogen-bond acceptors (Lipinski definition) is 4. The third kappa shape index (κ3) is 5.08. The van der Waals surface area contributed by atoms with Crippen molar-refractivity contribution in [2.75, 3.05) is 25.6 Å². The van der Waals surface area contributed by atoms with E-state index in [1.165, 1.54) is 0 Å². The van der Waals surface area contributed by atoms with Crippen molar-refractivity contribution in [2.45, 2.75) is 18.9 Å². The molecule has 0 aromatic heterocycles. The van der Waals surface area contributed by atoms with Gasteiger partial charge in [-0.15, -0.1) is 0 Å². The second-order valence-corrected chi connectivity index (χ2v) is 7.08. The van der Waals surface area contributed by atoms with Crippen LogP contribution in [0.3, 0.4) is 0 Å². The third-order valence-electron chi connectivity index (χ3n) is 4.31. The summed E-state index contributed by atoms with van der Waals surface area (Å²) in [4.78, 5) is 24.8. The molecule has 1 unspecified atom stereocenters. The fourth-order valence-electron chi connectivity index (χ4n) is 2.86. The van der Waals surface area contributed by atoms with E-state index >= 15 is 0 Å². The van der Waals surface area contributed by atoms with Crippen LogP contribution < -0.4 is 15.4 Å². The summed E-state index contributed by atoms with van der Waals surface area (Å²) < 4.78 is 11.4. The number of ether oxygens (including phenoxy) is 2. The van der Waals surface area contributed by atoms with Gasteiger partial charge in [-0.25, -0.2) is 0 Å². The first-order valence-corrected chi connectivity index (χ1v) is 9.51. The van der Waals surface area contributed by atoms with Crippen molar-refractivity contribution in [1.82, 2.24) is 5.32 Å². The van der Waals surface area contributed by atoms with Crippen molar-refractivity contribution in [2.24, 2.45) is 0 Å². The lowest BCUT2D eigenvalue weighted by atomic mass is 10.1. The number of halogens is 1. The second kappa shape index (κ2) is 9.01. The molecule has 1 saturated heterocycles. The molecule has 0 radical (unpaired) electrons. The van der Waals surface area contributed by atoms with E-state index in [0.29, 0.717) is 33.6 Å². The Balaban J connectivity index is 1.63. The molecule has 1 atom stereocenters. The highest BCUT2D eigenvalue weighted by molar-refractivity contribution is 9.10. The summed E-state index contributed by atoms with van der Waals surface area (Å²) in [7, 11) is 1.56. The van der Waals surface area contributed by atoms with Crippen molar-refractivity contribution in [1.29, 1.82) is 0 Å². The number of rotatable bonds is 6. The predicted octanol–water partition coefficient (Wildman–Crippen LogP) is 3.62. The van der Waals surface area contributed by atoms with Gasteiger partial charge < -0.3 is 20.1 Å². The maximum absolute atomic E-state index is 12.5. The van der Waals surface area contributed by atoms with Crippen LogP contribution >= 0.6 is 15.9 Å². The molecule has 2 aromatic rings. The van der Waals surface area contributed by atoms with Gasteiger partial charge in [0.1, 0.15) is 5.75 Å². The molecule has 1 fully saturated rings. The molecule has 1 aliphatic rings. The molecule has 7 heteroatoms. The summed E-state index contributed by atoms with van der Waals surface area (Å²) in [5.41, 5.74) is 1.52. The zero-order chi connectivity index (χ0) is 19.2. The van der Waals surface area contributed by atoms with Crippen LogP contribution in [0.2, 0.25) is 0 Å². The summed E-state index contributed by atoms with van der Waals surface area (Å²) in [5.74, 6) is 0.195. The van der Waals surface area contributed by atoms with Crippen molar-refractivity contribution in [3.05, 3.63) is 58.1 Å². The molecule has 0 aliphatic carbocycles. The summed E-state index contributed by atoms with van der Waals surface area (Å²) in [5, 5.41) is 5.69. The predicted molar refractivity (Wildman–Crippen MR) is 106 cm³/mol. The number of benzene rings is 2. The molecule has 3 rings (SSSR count). The van der Waals surface area contributed by atoms with E-state index in [1.807, 2.05) is 0 Å². The van der Waals surface area contributed by atoms with Crippen molar-refractivity contribution < 1.29 is 19.1 Å². The Morgan fingerprint density at radius 2 is 2.00 bits per heavy atom. The van der Waals surface area contributed by atoms with Gasteiger partial charge in [0, 0.05) is 30.0 Å². The monoisotopic (exact) mass is 432 g/mol. The normalized spacial score (nSPS) is 16.0. The van der Waals surface area contributed by atoms with Crippen LogP contribution in [-0.4, -0.2) is 38.2 Å². The molecule has 1 heterocycles. The zero-order valence-electron chi connectivity index (χ0n) is 15.0. The van der Waals surface area contributed by atoms with Gasteiger partial charge in [-0.1, -0.05) is 6.07 Å². The van der Waals surface area contributed by atoms with E-state index in [-0.39, 0.29) is 17.9 Å². The van der Waals surface area contributed by atoms with Crippen molar-refractivity contribution in [3.63, 3.8) is 0 Å². The van der Waals surface area contributed by atoms with Crippen LogP contribution in [0.5, 0.6) is 5.75 Å². The van der Waals surface area contributed by atoms with E-state index < -0.39 is 0 Å². The molecule has 0 spiro atoms. The minimum absolute atomic E-state index is 0.0883. The average Bonchev–Trinajstić information content (AvgIpc) is 3.20. The second-order valence-electron chi connectivity index (χ2n) is 6.23. The lowest BCUT2D eigenvalue weighted by Crippen LogP contribution is -2.31. The Kier molecular flexibility index (Phi) is 6.47. The van der Waals surface area contributed by atoms with Crippen LogP contribution in [0.25, 0.3) is 0 Å². The van der Waals surface area contributed by atoms with Gasteiger partial charge in [0.25, 0.3) is 11.8 Å². The molecular weight excluding hydrogens is 412 g/mol. The maximum Gasteiger partial charge on any atom is 0.255 e. The number of amides is 2. The van der Waals surface area contributed by atoms with Crippen molar-refractivity contribution in [3.8, 4) is 5.75 Å². The fourth-order valence-corrected chi connectivity index (χ4v) is 3.40. The van der Waals surface area contributed by atoms with E-state index in [0.717, 1.165) is 19.4 Å². The van der Waals surface area contributed by atoms with E-state index in [4.69, 9.17) is 9.47 Å². The van der Waals surface area contributed by atoms with Gasteiger partial charge in [0.05, 0.1) is 17.7 Å². The Bertz CT molecular complexity index is 834. The number of anilines is 1. The molecule has 0 bridgehead atoms. The molecule has 2 aromatic carbocycles. The van der Waals surface area contributed by atoms with Gasteiger partial charge in [-0.3, -0.25) is 9.59 Å². The van der Waals surface area contributed by atoms with Gasteiger partial charge >= 0.3 is 0 Å². The quantitative estimate of drug-likeness (QED) is 0.730. The molecule has 1 aliphatic heterocycles. The number of hydrogen-bond donors (Lipinski definition) is 2. The first kappa shape index (κ1) is 19.4. The van der Waals surface area contributed by atoms with Gasteiger partial charge in [0.15, 0.2) is 0 Å². The smallest absolute Gasteiger partial charge is 0.255 e. The largest absolute Gasteiger partial charge is 0.496 e. The standard InChI is InChI=1S/C20H21BrN2O4/c1-26-18-8-7-14(11-17(18)21)20(25)23-15-5-2-4-13(10-15)19(24)22-12-16-6-3-9-27-16/h2,4-5,7-8,10-11,16H,3,6,9,12H2,1H3,(H,22,24)(H,23,25). The summed E-state index contributed by atoms with van der Waals surface area (Å²) in [6.07, 6.45) is 2.09. The summed E-state index contributed by atoms with van der Waals surface area (Å²) in [6, 6.07) is 11.9. The third-order valence-corrected chi connectivity index (χ3v) is 4.93. The Labute approximate surface area is 166 Å². The number of methoxy groups -OCH3 is 1. The first-order chi connectivity index (χ1) is 13.1. The fraction of sp³-hybridized carbons (Fsp3) is 0.300. The summed E-state index contributed by atoms with van der Waals surface area (Å²) >= 11 is 3.37. The van der Waals surface area contributed by atoms with Crippen LogP contribution in [0, 0.1) is 0 Å². The number of carbonyl (C=O) groups is 2. The Morgan fingerprint density at radius 1 is 1.19 bits per heavy atom. The molecule has 27 heavy (non-hydrogen) atoms. The van der Waals surface area contributed by atoms with Gasteiger partial charge in [0.2, 0.25) is 0 Å². The Morgan fingerprint density at radius 3 is 2.70 bits per heavy atom. The van der Waals surface area contributed by atoms with Gasteiger partial charge in [-0.2, -0.15) is 0 Å². The average molecular weight is 433 g/mol. The lowest BCUT2D eigenvalue weighted by molar-refractivity contribution is 0.0857. The molecular formula is C20H21BrN2O4. The van der Waals surface area contributed by atoms with E-state index in [9.17, 15) is 9.59 Å². The molecule has 2 N–H and O–H groups in total. The van der Waals surface area contributed by atoms with E-state index in [1.54, 1.807) is 49.6 Å². The number of carbonyl (C=O) groups excluding carboxylic acids is 2. The lowest BCUT2D eigenvalue weighted by Gasteiger charge is -2.12. The Hall–Kier alpha value is -2.38. The SMILES string of the molecule is COc1ccc(C(=O)Nc2cccc(C(=O)NCC3CCCO3)c2)cc1Br. The maximum atomic E-state index is 12.5. The first-order valence-electron chi connectivity index (χ1n) is 8.71. The zero-order valence-corrected chi connectivity index (χ0v) is 16.5. The van der Waals surface area contributed by atoms with Crippen molar-refractivity contribution >= 4 is 33.4 Å². The van der Waals surface area contributed by atoms with Crippen LogP contribution in [-0.2, 0) is 4.74 Å².